The second-order valence-electron chi connectivity index (χ2n) is 5.88. The molecule has 0 fully saturated rings. The lowest BCUT2D eigenvalue weighted by Crippen LogP contribution is -2.29. The number of nitro groups is 1. The van der Waals surface area contributed by atoms with Crippen molar-refractivity contribution in [3.8, 4) is 5.75 Å². The number of hydrogen-bond donors (Lipinski definition) is 0. The van der Waals surface area contributed by atoms with Gasteiger partial charge in [0.15, 0.2) is 0 Å². The van der Waals surface area contributed by atoms with E-state index in [0.717, 1.165) is 16.9 Å². The van der Waals surface area contributed by atoms with Crippen LogP contribution in [0.3, 0.4) is 0 Å². The van der Waals surface area contributed by atoms with Crippen LogP contribution < -0.4 is 4.74 Å². The summed E-state index contributed by atoms with van der Waals surface area (Å²) in [6.45, 7) is 1.86. The molecule has 0 aliphatic heterocycles. The van der Waals surface area contributed by atoms with Crippen molar-refractivity contribution in [1.29, 1.82) is 0 Å². The standard InChI is InChI=1S/C19H22N2O4/c1-14(16-7-5-8-17(13-16)21(23)24)20(2)19(22)11-10-15-6-4-9-18(12-15)25-3/h4-9,12-14H,10-11H2,1-3H3. The molecular formula is C19H22N2O4. The smallest absolute Gasteiger partial charge is 0.269 e. The summed E-state index contributed by atoms with van der Waals surface area (Å²) in [7, 11) is 3.33. The largest absolute Gasteiger partial charge is 0.497 e. The first-order valence-corrected chi connectivity index (χ1v) is 8.05. The van der Waals surface area contributed by atoms with Crippen LogP contribution >= 0.6 is 0 Å². The number of amides is 1. The van der Waals surface area contributed by atoms with Crippen LogP contribution in [0.1, 0.15) is 30.5 Å². The van der Waals surface area contributed by atoms with E-state index in [1.54, 1.807) is 31.2 Å². The van der Waals surface area contributed by atoms with Gasteiger partial charge in [-0.3, -0.25) is 14.9 Å². The van der Waals surface area contributed by atoms with Crippen molar-refractivity contribution >= 4 is 11.6 Å². The number of carbonyl (C=O) groups excluding carboxylic acids is 1. The molecule has 2 rings (SSSR count). The van der Waals surface area contributed by atoms with Gasteiger partial charge in [-0.2, -0.15) is 0 Å². The highest BCUT2D eigenvalue weighted by atomic mass is 16.6. The maximum absolute atomic E-state index is 12.5. The van der Waals surface area contributed by atoms with Crippen molar-refractivity contribution in [3.63, 3.8) is 0 Å². The number of nitro benzene ring substituents is 1. The molecule has 6 heteroatoms. The Kier molecular flexibility index (Phi) is 6.11. The van der Waals surface area contributed by atoms with E-state index in [0.29, 0.717) is 12.8 Å². The third-order valence-electron chi connectivity index (χ3n) is 4.30. The monoisotopic (exact) mass is 342 g/mol. The summed E-state index contributed by atoms with van der Waals surface area (Å²) in [6.07, 6.45) is 0.977. The maximum Gasteiger partial charge on any atom is 0.269 e. The van der Waals surface area contributed by atoms with E-state index in [-0.39, 0.29) is 17.6 Å². The van der Waals surface area contributed by atoms with E-state index in [2.05, 4.69) is 0 Å². The zero-order valence-corrected chi connectivity index (χ0v) is 14.6. The highest BCUT2D eigenvalue weighted by molar-refractivity contribution is 5.76. The van der Waals surface area contributed by atoms with Crippen LogP contribution in [0.25, 0.3) is 0 Å². The Morgan fingerprint density at radius 2 is 1.96 bits per heavy atom. The molecule has 1 amide bonds. The van der Waals surface area contributed by atoms with Gasteiger partial charge in [0, 0.05) is 25.6 Å². The third-order valence-corrected chi connectivity index (χ3v) is 4.30. The van der Waals surface area contributed by atoms with Gasteiger partial charge >= 0.3 is 0 Å². The fourth-order valence-electron chi connectivity index (χ4n) is 2.59. The molecule has 2 aromatic carbocycles. The van der Waals surface area contributed by atoms with Gasteiger partial charge in [-0.25, -0.2) is 0 Å². The van der Waals surface area contributed by atoms with Gasteiger partial charge in [0.05, 0.1) is 18.1 Å². The molecule has 1 atom stereocenters. The molecule has 0 spiro atoms. The van der Waals surface area contributed by atoms with E-state index in [1.165, 1.54) is 12.1 Å². The highest BCUT2D eigenvalue weighted by Gasteiger charge is 2.19. The molecule has 0 aliphatic carbocycles. The van der Waals surface area contributed by atoms with E-state index in [9.17, 15) is 14.9 Å². The second-order valence-corrected chi connectivity index (χ2v) is 5.88. The first-order chi connectivity index (χ1) is 11.9. The van der Waals surface area contributed by atoms with Crippen molar-refractivity contribution < 1.29 is 14.5 Å². The zero-order valence-electron chi connectivity index (χ0n) is 14.6. The highest BCUT2D eigenvalue weighted by Crippen LogP contribution is 2.24. The molecule has 132 valence electrons. The van der Waals surface area contributed by atoms with Crippen LogP contribution in [0.5, 0.6) is 5.75 Å². The Morgan fingerprint density at radius 1 is 1.24 bits per heavy atom. The van der Waals surface area contributed by atoms with Crippen LogP contribution in [-0.2, 0) is 11.2 Å². The average Bonchev–Trinajstić information content (AvgIpc) is 2.65. The van der Waals surface area contributed by atoms with Crippen molar-refractivity contribution in [1.82, 2.24) is 4.90 Å². The molecule has 0 radical (unpaired) electrons. The molecule has 0 saturated heterocycles. The van der Waals surface area contributed by atoms with Crippen LogP contribution in [-0.4, -0.2) is 29.9 Å². The topological polar surface area (TPSA) is 72.7 Å². The molecule has 6 nitrogen and oxygen atoms in total. The second kappa shape index (κ2) is 8.28. The van der Waals surface area contributed by atoms with Crippen molar-refractivity contribution in [2.24, 2.45) is 0 Å². The molecule has 0 N–H and O–H groups in total. The third kappa shape index (κ3) is 4.79. The molecule has 0 bridgehead atoms. The van der Waals surface area contributed by atoms with E-state index in [1.807, 2.05) is 31.2 Å². The Bertz CT molecular complexity index is 761. The van der Waals surface area contributed by atoms with Gasteiger partial charge in [-0.1, -0.05) is 24.3 Å². The minimum atomic E-state index is -0.430. The van der Waals surface area contributed by atoms with E-state index >= 15 is 0 Å². The number of aryl methyl sites for hydroxylation is 1. The first kappa shape index (κ1) is 18.4. The van der Waals surface area contributed by atoms with Gasteiger partial charge in [0.1, 0.15) is 5.75 Å². The van der Waals surface area contributed by atoms with Crippen molar-refractivity contribution in [3.05, 3.63) is 69.8 Å². The number of ether oxygens (including phenoxy) is 1. The lowest BCUT2D eigenvalue weighted by Gasteiger charge is -2.25. The summed E-state index contributed by atoms with van der Waals surface area (Å²) < 4.78 is 5.19. The molecule has 0 saturated carbocycles. The first-order valence-electron chi connectivity index (χ1n) is 8.05. The molecule has 0 aromatic heterocycles. The summed E-state index contributed by atoms with van der Waals surface area (Å²) in [4.78, 5) is 24.6. The summed E-state index contributed by atoms with van der Waals surface area (Å²) in [6, 6.07) is 13.8. The molecule has 0 heterocycles. The minimum Gasteiger partial charge on any atom is -0.497 e. The number of hydrogen-bond acceptors (Lipinski definition) is 4. The van der Waals surface area contributed by atoms with Gasteiger partial charge < -0.3 is 9.64 Å². The van der Waals surface area contributed by atoms with Crippen molar-refractivity contribution in [2.45, 2.75) is 25.8 Å². The Labute approximate surface area is 147 Å². The van der Waals surface area contributed by atoms with Gasteiger partial charge in [0.2, 0.25) is 5.91 Å². The molecule has 2 aromatic rings. The number of benzene rings is 2. The summed E-state index contributed by atoms with van der Waals surface area (Å²) >= 11 is 0. The number of carbonyl (C=O) groups is 1. The van der Waals surface area contributed by atoms with Gasteiger partial charge in [-0.05, 0) is 36.6 Å². The molecule has 0 aliphatic rings. The van der Waals surface area contributed by atoms with E-state index < -0.39 is 4.92 Å². The number of rotatable bonds is 7. The molecular weight excluding hydrogens is 320 g/mol. The van der Waals surface area contributed by atoms with Crippen LogP contribution in [0.4, 0.5) is 5.69 Å². The number of non-ortho nitro benzene ring substituents is 1. The van der Waals surface area contributed by atoms with Crippen molar-refractivity contribution in [2.75, 3.05) is 14.2 Å². The average molecular weight is 342 g/mol. The SMILES string of the molecule is COc1cccc(CCC(=O)N(C)C(C)c2cccc([N+](=O)[O-])c2)c1. The predicted octanol–water partition coefficient (Wildman–Crippen LogP) is 3.76. The van der Waals surface area contributed by atoms with E-state index in [4.69, 9.17) is 4.74 Å². The lowest BCUT2D eigenvalue weighted by molar-refractivity contribution is -0.384. The maximum atomic E-state index is 12.5. The Morgan fingerprint density at radius 3 is 2.64 bits per heavy atom. The van der Waals surface area contributed by atoms with Crippen LogP contribution in [0.2, 0.25) is 0 Å². The summed E-state index contributed by atoms with van der Waals surface area (Å²) in [5.41, 5.74) is 1.80. The fraction of sp³-hybridized carbons (Fsp3) is 0.316. The molecule has 25 heavy (non-hydrogen) atoms. The molecule has 1 unspecified atom stereocenters. The predicted molar refractivity (Wildman–Crippen MR) is 95.6 cm³/mol. The Hall–Kier alpha value is -2.89. The van der Waals surface area contributed by atoms with Gasteiger partial charge in [-0.15, -0.1) is 0 Å². The number of methoxy groups -OCH3 is 1. The minimum absolute atomic E-state index is 0.0122. The zero-order chi connectivity index (χ0) is 18.4. The normalized spacial score (nSPS) is 11.6. The number of nitrogens with zero attached hydrogens (tertiary/aromatic N) is 2. The van der Waals surface area contributed by atoms with Crippen LogP contribution in [0, 0.1) is 10.1 Å². The lowest BCUT2D eigenvalue weighted by atomic mass is 10.0. The summed E-state index contributed by atoms with van der Waals surface area (Å²) in [5, 5.41) is 10.9. The summed E-state index contributed by atoms with van der Waals surface area (Å²) in [5.74, 6) is 0.755. The van der Waals surface area contributed by atoms with Crippen LogP contribution in [0.15, 0.2) is 48.5 Å². The quantitative estimate of drug-likeness (QED) is 0.567. The Balaban J connectivity index is 2.01. The fourth-order valence-corrected chi connectivity index (χ4v) is 2.59. The van der Waals surface area contributed by atoms with Gasteiger partial charge in [0.25, 0.3) is 5.69 Å².